The molecule has 0 aliphatic heterocycles. The minimum atomic E-state index is -3.41. The summed E-state index contributed by atoms with van der Waals surface area (Å²) >= 11 is 0. The third-order valence-corrected chi connectivity index (χ3v) is 5.13. The van der Waals surface area contributed by atoms with Crippen molar-refractivity contribution in [3.8, 4) is 6.07 Å². The predicted molar refractivity (Wildman–Crippen MR) is 67.7 cm³/mol. The molecule has 3 atom stereocenters. The minimum absolute atomic E-state index is 0.0163. The molecule has 4 nitrogen and oxygen atoms in total. The summed E-state index contributed by atoms with van der Waals surface area (Å²) in [6.45, 7) is 0.0163. The summed E-state index contributed by atoms with van der Waals surface area (Å²) in [6.07, 6.45) is 1.10. The summed E-state index contributed by atoms with van der Waals surface area (Å²) in [5.41, 5.74) is -0.593. The molecule has 0 radical (unpaired) electrons. The molecule has 6 heteroatoms. The summed E-state index contributed by atoms with van der Waals surface area (Å²) in [6, 6.07) is 7.76. The molecule has 2 rings (SSSR count). The molecule has 1 aliphatic carbocycles. The Morgan fingerprint density at radius 1 is 1.53 bits per heavy atom. The highest BCUT2D eigenvalue weighted by Gasteiger charge is 2.71. The Hall–Kier alpha value is -1.45. The fourth-order valence-electron chi connectivity index (χ4n) is 2.78. The first-order valence-electron chi connectivity index (χ1n) is 5.71. The van der Waals surface area contributed by atoms with Crippen LogP contribution in [0.5, 0.6) is 0 Å². The molecule has 19 heavy (non-hydrogen) atoms. The number of nitrogens with zero attached hydrogens (tertiary/aromatic N) is 1. The Labute approximate surface area is 111 Å². The zero-order valence-corrected chi connectivity index (χ0v) is 11.4. The number of hydrogen-bond acceptors (Lipinski definition) is 4. The van der Waals surface area contributed by atoms with Gasteiger partial charge >= 0.3 is 0 Å². The molecule has 1 saturated carbocycles. The van der Waals surface area contributed by atoms with Crippen molar-refractivity contribution in [3.63, 3.8) is 0 Å². The van der Waals surface area contributed by atoms with Gasteiger partial charge in [-0.1, -0.05) is 12.1 Å². The fraction of sp³-hybridized carbons (Fsp3) is 0.462. The summed E-state index contributed by atoms with van der Waals surface area (Å²) in [7, 11) is -1.99. The quantitative estimate of drug-likeness (QED) is 0.839. The smallest absolute Gasteiger partial charge is 0.152 e. The van der Waals surface area contributed by atoms with Crippen molar-refractivity contribution in [3.05, 3.63) is 35.6 Å². The second kappa shape index (κ2) is 4.58. The van der Waals surface area contributed by atoms with Crippen molar-refractivity contribution in [1.82, 2.24) is 0 Å². The third-order valence-electron chi connectivity index (χ3n) is 3.52. The normalized spacial score (nSPS) is 29.8. The fourth-order valence-corrected chi connectivity index (χ4v) is 4.63. The minimum Gasteiger partial charge on any atom is -0.383 e. The van der Waals surface area contributed by atoms with E-state index in [4.69, 9.17) is 4.74 Å². The second-order valence-electron chi connectivity index (χ2n) is 4.87. The lowest BCUT2D eigenvalue weighted by molar-refractivity contribution is 0.162. The van der Waals surface area contributed by atoms with Crippen LogP contribution in [0.25, 0.3) is 0 Å². The predicted octanol–water partition coefficient (Wildman–Crippen LogP) is 1.49. The largest absolute Gasteiger partial charge is 0.383 e. The van der Waals surface area contributed by atoms with Crippen LogP contribution in [0.1, 0.15) is 11.5 Å². The van der Waals surface area contributed by atoms with Gasteiger partial charge in [-0.25, -0.2) is 12.8 Å². The zero-order chi connectivity index (χ0) is 14.3. The molecule has 0 saturated heterocycles. The molecule has 1 aromatic carbocycles. The van der Waals surface area contributed by atoms with Crippen LogP contribution in [0.4, 0.5) is 4.39 Å². The van der Waals surface area contributed by atoms with E-state index in [0.717, 1.165) is 6.26 Å². The van der Waals surface area contributed by atoms with Crippen molar-refractivity contribution in [2.45, 2.75) is 11.2 Å². The van der Waals surface area contributed by atoms with Crippen LogP contribution in [-0.2, 0) is 14.6 Å². The number of methoxy groups -OCH3 is 1. The van der Waals surface area contributed by atoms with Gasteiger partial charge < -0.3 is 4.74 Å². The Balaban J connectivity index is 2.48. The van der Waals surface area contributed by atoms with Crippen LogP contribution in [-0.4, -0.2) is 33.6 Å². The van der Waals surface area contributed by atoms with Crippen LogP contribution in [0.15, 0.2) is 24.3 Å². The van der Waals surface area contributed by atoms with E-state index in [1.807, 2.05) is 0 Å². The number of benzene rings is 1. The van der Waals surface area contributed by atoms with Gasteiger partial charge in [0.15, 0.2) is 9.84 Å². The molecule has 1 aliphatic rings. The maximum absolute atomic E-state index is 13.3. The molecule has 0 amide bonds. The van der Waals surface area contributed by atoms with E-state index >= 15 is 0 Å². The van der Waals surface area contributed by atoms with Gasteiger partial charge in [0, 0.05) is 19.3 Å². The lowest BCUT2D eigenvalue weighted by Crippen LogP contribution is -2.17. The Kier molecular flexibility index (Phi) is 3.37. The molecule has 102 valence electrons. The molecular weight excluding hydrogens is 269 g/mol. The highest BCUT2D eigenvalue weighted by atomic mass is 32.2. The Morgan fingerprint density at radius 3 is 2.68 bits per heavy atom. The molecule has 1 fully saturated rings. The third kappa shape index (κ3) is 2.24. The first-order chi connectivity index (χ1) is 8.86. The molecule has 0 N–H and O–H groups in total. The lowest BCUT2D eigenvalue weighted by atomic mass is 10.0. The van der Waals surface area contributed by atoms with Gasteiger partial charge in [0.2, 0.25) is 0 Å². The summed E-state index contributed by atoms with van der Waals surface area (Å²) in [4.78, 5) is 0. The second-order valence-corrected chi connectivity index (χ2v) is 7.03. The van der Waals surface area contributed by atoms with Gasteiger partial charge in [-0.3, -0.25) is 0 Å². The van der Waals surface area contributed by atoms with Crippen LogP contribution < -0.4 is 0 Å². The van der Waals surface area contributed by atoms with E-state index in [9.17, 15) is 18.1 Å². The highest BCUT2D eigenvalue weighted by Crippen LogP contribution is 2.62. The van der Waals surface area contributed by atoms with E-state index in [-0.39, 0.29) is 6.61 Å². The number of nitriles is 1. The van der Waals surface area contributed by atoms with E-state index < -0.39 is 32.2 Å². The van der Waals surface area contributed by atoms with Crippen molar-refractivity contribution in [2.24, 2.45) is 5.41 Å². The average molecular weight is 283 g/mol. The van der Waals surface area contributed by atoms with E-state index in [1.54, 1.807) is 6.07 Å². The van der Waals surface area contributed by atoms with Gasteiger partial charge in [0.05, 0.1) is 17.9 Å². The number of ether oxygens (including phenoxy) is 1. The SMILES string of the molecule is COCC1(C#N)C(c2cccc(F)c2)C1S(C)(=O)=O. The van der Waals surface area contributed by atoms with Crippen LogP contribution in [0.3, 0.4) is 0 Å². The number of sulfone groups is 1. The highest BCUT2D eigenvalue weighted by molar-refractivity contribution is 7.91. The number of hydrogen-bond donors (Lipinski definition) is 0. The van der Waals surface area contributed by atoms with Gasteiger partial charge in [-0.15, -0.1) is 0 Å². The van der Waals surface area contributed by atoms with E-state index in [2.05, 4.69) is 6.07 Å². The Morgan fingerprint density at radius 2 is 2.21 bits per heavy atom. The van der Waals surface area contributed by atoms with Crippen molar-refractivity contribution in [1.29, 1.82) is 5.26 Å². The summed E-state index contributed by atoms with van der Waals surface area (Å²) < 4.78 is 41.9. The molecule has 0 bridgehead atoms. The Bertz CT molecular complexity index is 638. The monoisotopic (exact) mass is 283 g/mol. The van der Waals surface area contributed by atoms with Crippen molar-refractivity contribution in [2.75, 3.05) is 20.0 Å². The first kappa shape index (κ1) is 14.0. The molecular formula is C13H14FNO3S. The number of halogens is 1. The zero-order valence-electron chi connectivity index (χ0n) is 10.6. The van der Waals surface area contributed by atoms with Gasteiger partial charge in [-0.2, -0.15) is 5.26 Å². The first-order valence-corrected chi connectivity index (χ1v) is 7.67. The number of rotatable bonds is 4. The van der Waals surface area contributed by atoms with Gasteiger partial charge in [0.25, 0.3) is 0 Å². The van der Waals surface area contributed by atoms with E-state index in [0.29, 0.717) is 5.56 Å². The van der Waals surface area contributed by atoms with E-state index in [1.165, 1.54) is 25.3 Å². The topological polar surface area (TPSA) is 67.2 Å². The van der Waals surface area contributed by atoms with Crippen molar-refractivity contribution < 1.29 is 17.5 Å². The van der Waals surface area contributed by atoms with Gasteiger partial charge in [0.1, 0.15) is 11.2 Å². The molecule has 0 heterocycles. The van der Waals surface area contributed by atoms with Crippen LogP contribution in [0.2, 0.25) is 0 Å². The summed E-state index contributed by atoms with van der Waals surface area (Å²) in [5.74, 6) is -0.982. The molecule has 0 spiro atoms. The maximum atomic E-state index is 13.3. The van der Waals surface area contributed by atoms with Gasteiger partial charge in [-0.05, 0) is 17.7 Å². The lowest BCUT2D eigenvalue weighted by Gasteiger charge is -2.06. The molecule has 0 aromatic heterocycles. The molecule has 1 aromatic rings. The summed E-state index contributed by atoms with van der Waals surface area (Å²) in [5, 5.41) is 8.49. The maximum Gasteiger partial charge on any atom is 0.152 e. The molecule has 3 unspecified atom stereocenters. The average Bonchev–Trinajstić information content (AvgIpc) is 2.99. The van der Waals surface area contributed by atoms with Crippen LogP contribution >= 0.6 is 0 Å². The van der Waals surface area contributed by atoms with Crippen LogP contribution in [0, 0.1) is 22.6 Å². The van der Waals surface area contributed by atoms with Crippen molar-refractivity contribution >= 4 is 9.84 Å². The standard InChI is InChI=1S/C13H14FNO3S/c1-18-8-13(7-15)11(12(13)19(2,16)17)9-4-3-5-10(14)6-9/h3-6,11-12H,8H2,1-2H3.